The molecule has 1 aliphatic rings. The minimum absolute atomic E-state index is 0.00145. The van der Waals surface area contributed by atoms with Crippen LogP contribution >= 0.6 is 12.2 Å². The summed E-state index contributed by atoms with van der Waals surface area (Å²) in [6.07, 6.45) is 0.955. The van der Waals surface area contributed by atoms with Crippen LogP contribution in [0.15, 0.2) is 24.3 Å². The van der Waals surface area contributed by atoms with Crippen molar-refractivity contribution in [1.82, 2.24) is 15.5 Å². The Morgan fingerprint density at radius 3 is 2.46 bits per heavy atom. The van der Waals surface area contributed by atoms with E-state index in [-0.39, 0.29) is 29.6 Å². The summed E-state index contributed by atoms with van der Waals surface area (Å²) in [4.78, 5) is 14.8. The van der Waals surface area contributed by atoms with Gasteiger partial charge in [0.05, 0.1) is 5.92 Å². The second-order valence-electron chi connectivity index (χ2n) is 7.75. The molecule has 1 aromatic rings. The van der Waals surface area contributed by atoms with Crippen molar-refractivity contribution in [1.29, 1.82) is 0 Å². The molecule has 1 fully saturated rings. The number of benzene rings is 1. The molecule has 26 heavy (non-hydrogen) atoms. The zero-order chi connectivity index (χ0) is 19.3. The lowest BCUT2D eigenvalue weighted by atomic mass is 9.88. The SMILES string of the molecule is CC(C)CCNC(=O)[C@H]1CN(C(=S)NC(C)C)C[C@H]1c1ccc(F)cc1. The number of rotatable bonds is 6. The molecule has 2 N–H and O–H groups in total. The van der Waals surface area contributed by atoms with E-state index in [1.165, 1.54) is 12.1 Å². The molecule has 0 bridgehead atoms. The number of nitrogens with one attached hydrogen (secondary N) is 2. The summed E-state index contributed by atoms with van der Waals surface area (Å²) >= 11 is 5.50. The molecule has 2 rings (SSSR count). The van der Waals surface area contributed by atoms with E-state index in [1.54, 1.807) is 12.1 Å². The zero-order valence-electron chi connectivity index (χ0n) is 16.1. The maximum absolute atomic E-state index is 13.3. The van der Waals surface area contributed by atoms with Crippen LogP contribution in [0.1, 0.15) is 45.6 Å². The monoisotopic (exact) mass is 379 g/mol. The number of likely N-dealkylation sites (tertiary alicyclic amines) is 1. The molecule has 0 radical (unpaired) electrons. The van der Waals surface area contributed by atoms with E-state index in [0.29, 0.717) is 30.7 Å². The van der Waals surface area contributed by atoms with Gasteiger partial charge in [-0.05, 0) is 56.1 Å². The van der Waals surface area contributed by atoms with Crippen molar-refractivity contribution in [3.63, 3.8) is 0 Å². The first-order valence-electron chi connectivity index (χ1n) is 9.36. The quantitative estimate of drug-likeness (QED) is 0.745. The highest BCUT2D eigenvalue weighted by Gasteiger charge is 2.39. The number of carbonyl (C=O) groups excluding carboxylic acids is 1. The Hall–Kier alpha value is -1.69. The second kappa shape index (κ2) is 9.31. The molecule has 0 aliphatic carbocycles. The number of nitrogens with zero attached hydrogens (tertiary/aromatic N) is 1. The highest BCUT2D eigenvalue weighted by molar-refractivity contribution is 7.80. The molecule has 0 saturated carbocycles. The van der Waals surface area contributed by atoms with Gasteiger partial charge in [-0.1, -0.05) is 26.0 Å². The molecule has 0 spiro atoms. The first-order chi connectivity index (χ1) is 12.3. The molecule has 144 valence electrons. The minimum Gasteiger partial charge on any atom is -0.360 e. The summed E-state index contributed by atoms with van der Waals surface area (Å²) in [5, 5.41) is 6.98. The fourth-order valence-electron chi connectivity index (χ4n) is 3.24. The third kappa shape index (κ3) is 5.66. The van der Waals surface area contributed by atoms with E-state index in [1.807, 2.05) is 13.8 Å². The maximum atomic E-state index is 13.3. The van der Waals surface area contributed by atoms with Crippen molar-refractivity contribution < 1.29 is 9.18 Å². The van der Waals surface area contributed by atoms with Gasteiger partial charge in [0.2, 0.25) is 5.91 Å². The summed E-state index contributed by atoms with van der Waals surface area (Å²) in [7, 11) is 0. The van der Waals surface area contributed by atoms with E-state index < -0.39 is 0 Å². The van der Waals surface area contributed by atoms with E-state index in [4.69, 9.17) is 12.2 Å². The molecule has 0 aromatic heterocycles. The van der Waals surface area contributed by atoms with E-state index in [2.05, 4.69) is 29.4 Å². The van der Waals surface area contributed by atoms with Gasteiger partial charge in [0, 0.05) is 31.6 Å². The average Bonchev–Trinajstić information content (AvgIpc) is 3.00. The number of halogens is 1. The molecular weight excluding hydrogens is 349 g/mol. The first-order valence-corrected chi connectivity index (χ1v) is 9.77. The van der Waals surface area contributed by atoms with Gasteiger partial charge in [0.15, 0.2) is 5.11 Å². The lowest BCUT2D eigenvalue weighted by molar-refractivity contribution is -0.124. The highest BCUT2D eigenvalue weighted by Crippen LogP contribution is 2.33. The van der Waals surface area contributed by atoms with Crippen molar-refractivity contribution in [3.05, 3.63) is 35.6 Å². The van der Waals surface area contributed by atoms with Crippen molar-refractivity contribution in [3.8, 4) is 0 Å². The van der Waals surface area contributed by atoms with Gasteiger partial charge in [-0.3, -0.25) is 4.79 Å². The second-order valence-corrected chi connectivity index (χ2v) is 8.13. The van der Waals surface area contributed by atoms with Crippen molar-refractivity contribution in [2.75, 3.05) is 19.6 Å². The molecule has 1 aliphatic heterocycles. The first kappa shape index (κ1) is 20.6. The Morgan fingerprint density at radius 2 is 1.88 bits per heavy atom. The van der Waals surface area contributed by atoms with Crippen LogP contribution in [-0.4, -0.2) is 41.6 Å². The average molecular weight is 380 g/mol. The lowest BCUT2D eigenvalue weighted by Crippen LogP contribution is -2.42. The smallest absolute Gasteiger partial charge is 0.225 e. The minimum atomic E-state index is -0.265. The largest absolute Gasteiger partial charge is 0.360 e. The molecule has 0 unspecified atom stereocenters. The summed E-state index contributed by atoms with van der Waals surface area (Å²) in [5.41, 5.74) is 0.977. The van der Waals surface area contributed by atoms with Crippen LogP contribution in [0.4, 0.5) is 4.39 Å². The van der Waals surface area contributed by atoms with Crippen LogP contribution in [0.25, 0.3) is 0 Å². The molecule has 4 nitrogen and oxygen atoms in total. The summed E-state index contributed by atoms with van der Waals surface area (Å²) in [6, 6.07) is 6.70. The number of thiocarbonyl (C=S) groups is 1. The highest BCUT2D eigenvalue weighted by atomic mass is 32.1. The van der Waals surface area contributed by atoms with Gasteiger partial charge in [0.25, 0.3) is 0 Å². The van der Waals surface area contributed by atoms with E-state index in [9.17, 15) is 9.18 Å². The molecule has 1 saturated heterocycles. The third-order valence-corrected chi connectivity index (χ3v) is 5.05. The molecule has 2 atom stereocenters. The number of hydrogen-bond acceptors (Lipinski definition) is 2. The van der Waals surface area contributed by atoms with Gasteiger partial charge in [-0.15, -0.1) is 0 Å². The van der Waals surface area contributed by atoms with Crippen LogP contribution in [0, 0.1) is 17.7 Å². The van der Waals surface area contributed by atoms with E-state index >= 15 is 0 Å². The summed E-state index contributed by atoms with van der Waals surface area (Å²) in [6.45, 7) is 10.3. The zero-order valence-corrected chi connectivity index (χ0v) is 16.9. The molecule has 6 heteroatoms. The predicted octanol–water partition coefficient (Wildman–Crippen LogP) is 3.29. The van der Waals surface area contributed by atoms with Crippen LogP contribution < -0.4 is 10.6 Å². The summed E-state index contributed by atoms with van der Waals surface area (Å²) < 4.78 is 13.3. The maximum Gasteiger partial charge on any atom is 0.225 e. The van der Waals surface area contributed by atoms with Crippen molar-refractivity contribution in [2.45, 2.75) is 46.1 Å². The van der Waals surface area contributed by atoms with Crippen molar-refractivity contribution >= 4 is 23.2 Å². The number of amides is 1. The molecule has 1 aromatic carbocycles. The standard InChI is InChI=1S/C20H30FN3OS/c1-13(2)9-10-22-19(25)18-12-24(20(26)23-14(3)4)11-17(18)15-5-7-16(21)8-6-15/h5-8,13-14,17-18H,9-12H2,1-4H3,(H,22,25)(H,23,26)/t17-,18-/m0/s1. The topological polar surface area (TPSA) is 44.4 Å². The summed E-state index contributed by atoms with van der Waals surface area (Å²) in [5.74, 6) is 0.139. The third-order valence-electron chi connectivity index (χ3n) is 4.68. The van der Waals surface area contributed by atoms with Gasteiger partial charge < -0.3 is 15.5 Å². The van der Waals surface area contributed by atoms with Gasteiger partial charge in [-0.25, -0.2) is 4.39 Å². The fraction of sp³-hybridized carbons (Fsp3) is 0.600. The van der Waals surface area contributed by atoms with Gasteiger partial charge in [-0.2, -0.15) is 0 Å². The molecular formula is C20H30FN3OS. The molecule has 1 amide bonds. The van der Waals surface area contributed by atoms with Crippen LogP contribution in [0.5, 0.6) is 0 Å². The van der Waals surface area contributed by atoms with Crippen LogP contribution in [0.2, 0.25) is 0 Å². The van der Waals surface area contributed by atoms with E-state index in [0.717, 1.165) is 12.0 Å². The normalized spacial score (nSPS) is 19.9. The van der Waals surface area contributed by atoms with Gasteiger partial charge in [0.1, 0.15) is 5.82 Å². The Labute approximate surface area is 161 Å². The fourth-order valence-corrected chi connectivity index (χ4v) is 3.62. The van der Waals surface area contributed by atoms with Crippen LogP contribution in [0.3, 0.4) is 0 Å². The Morgan fingerprint density at radius 1 is 1.23 bits per heavy atom. The van der Waals surface area contributed by atoms with Crippen LogP contribution in [-0.2, 0) is 4.79 Å². The Bertz CT molecular complexity index is 618. The Balaban J connectivity index is 2.13. The lowest BCUT2D eigenvalue weighted by Gasteiger charge is -2.22. The van der Waals surface area contributed by atoms with Gasteiger partial charge >= 0.3 is 0 Å². The predicted molar refractivity (Wildman–Crippen MR) is 108 cm³/mol. The number of carbonyl (C=O) groups is 1. The number of hydrogen-bond donors (Lipinski definition) is 2. The Kier molecular flexibility index (Phi) is 7.38. The molecule has 1 heterocycles. The van der Waals surface area contributed by atoms with Crippen molar-refractivity contribution in [2.24, 2.45) is 11.8 Å².